The first-order valence-electron chi connectivity index (χ1n) is 16.4. The molecular formula is C45H29NO2. The van der Waals surface area contributed by atoms with Crippen LogP contribution in [-0.2, 0) is 0 Å². The van der Waals surface area contributed by atoms with Crippen LogP contribution in [-0.4, -0.2) is 0 Å². The van der Waals surface area contributed by atoms with E-state index in [9.17, 15) is 0 Å². The maximum Gasteiger partial charge on any atom is 0.159 e. The third kappa shape index (κ3) is 3.94. The van der Waals surface area contributed by atoms with Gasteiger partial charge in [-0.2, -0.15) is 0 Å². The molecule has 0 atom stereocenters. The Morgan fingerprint density at radius 3 is 1.90 bits per heavy atom. The van der Waals surface area contributed by atoms with E-state index in [4.69, 9.17) is 8.83 Å². The lowest BCUT2D eigenvalue weighted by molar-refractivity contribution is 0.668. The molecule has 48 heavy (non-hydrogen) atoms. The second kappa shape index (κ2) is 10.3. The van der Waals surface area contributed by atoms with Gasteiger partial charge in [-0.1, -0.05) is 121 Å². The van der Waals surface area contributed by atoms with Crippen LogP contribution in [0.15, 0.2) is 167 Å². The molecule has 0 spiro atoms. The molecule has 0 bridgehead atoms. The lowest BCUT2D eigenvalue weighted by Crippen LogP contribution is -2.10. The summed E-state index contributed by atoms with van der Waals surface area (Å²) in [7, 11) is 0. The number of hydrogen-bond donors (Lipinski definition) is 0. The molecule has 0 aliphatic rings. The van der Waals surface area contributed by atoms with Gasteiger partial charge in [-0.25, -0.2) is 0 Å². The molecule has 0 aliphatic heterocycles. The highest BCUT2D eigenvalue weighted by Crippen LogP contribution is 2.48. The number of aryl methyl sites for hydroxylation is 1. The second-order valence-electron chi connectivity index (χ2n) is 12.5. The maximum absolute atomic E-state index is 6.97. The van der Waals surface area contributed by atoms with E-state index in [1.165, 1.54) is 21.9 Å². The molecule has 3 nitrogen and oxygen atoms in total. The maximum atomic E-state index is 6.97. The Labute approximate surface area is 276 Å². The molecule has 0 saturated heterocycles. The van der Waals surface area contributed by atoms with E-state index in [1.807, 2.05) is 0 Å². The first-order valence-corrected chi connectivity index (χ1v) is 16.4. The Morgan fingerprint density at radius 1 is 0.417 bits per heavy atom. The summed E-state index contributed by atoms with van der Waals surface area (Å²) < 4.78 is 13.7. The van der Waals surface area contributed by atoms with E-state index < -0.39 is 0 Å². The van der Waals surface area contributed by atoms with E-state index in [0.717, 1.165) is 77.3 Å². The normalized spacial score (nSPS) is 11.9. The first kappa shape index (κ1) is 26.9. The fourth-order valence-electron chi connectivity index (χ4n) is 7.55. The summed E-state index contributed by atoms with van der Waals surface area (Å²) in [4.78, 5) is 2.32. The van der Waals surface area contributed by atoms with Crippen molar-refractivity contribution in [1.29, 1.82) is 0 Å². The van der Waals surface area contributed by atoms with Gasteiger partial charge in [-0.3, -0.25) is 0 Å². The zero-order chi connectivity index (χ0) is 31.8. The molecule has 10 aromatic rings. The van der Waals surface area contributed by atoms with E-state index >= 15 is 0 Å². The number of nitrogens with zero attached hydrogens (tertiary/aromatic N) is 1. The van der Waals surface area contributed by atoms with Crippen LogP contribution in [0.1, 0.15) is 5.56 Å². The van der Waals surface area contributed by atoms with Crippen molar-refractivity contribution in [2.24, 2.45) is 0 Å². The van der Waals surface area contributed by atoms with Gasteiger partial charge in [0.05, 0.1) is 11.4 Å². The van der Waals surface area contributed by atoms with Crippen LogP contribution in [0.3, 0.4) is 0 Å². The summed E-state index contributed by atoms with van der Waals surface area (Å²) >= 11 is 0. The van der Waals surface area contributed by atoms with Crippen molar-refractivity contribution < 1.29 is 8.83 Å². The van der Waals surface area contributed by atoms with Gasteiger partial charge in [-0.15, -0.1) is 0 Å². The summed E-state index contributed by atoms with van der Waals surface area (Å²) in [5, 5.41) is 9.10. The van der Waals surface area contributed by atoms with Gasteiger partial charge in [0.25, 0.3) is 0 Å². The topological polar surface area (TPSA) is 29.5 Å². The monoisotopic (exact) mass is 615 g/mol. The summed E-state index contributed by atoms with van der Waals surface area (Å²) in [6, 6.07) is 55.7. The van der Waals surface area contributed by atoms with Gasteiger partial charge in [0.1, 0.15) is 16.7 Å². The Kier molecular flexibility index (Phi) is 5.79. The van der Waals surface area contributed by atoms with Crippen molar-refractivity contribution in [3.63, 3.8) is 0 Å². The van der Waals surface area contributed by atoms with Gasteiger partial charge in [0, 0.05) is 44.2 Å². The van der Waals surface area contributed by atoms with Gasteiger partial charge in [0.15, 0.2) is 5.58 Å². The first-order chi connectivity index (χ1) is 23.7. The summed E-state index contributed by atoms with van der Waals surface area (Å²) in [5.74, 6) is 0. The third-order valence-corrected chi connectivity index (χ3v) is 9.76. The van der Waals surface area contributed by atoms with Crippen LogP contribution in [0.5, 0.6) is 0 Å². The third-order valence-electron chi connectivity index (χ3n) is 9.76. The highest BCUT2D eigenvalue weighted by Gasteiger charge is 2.24. The molecule has 0 unspecified atom stereocenters. The number of para-hydroxylation sites is 3. The highest BCUT2D eigenvalue weighted by atomic mass is 16.3. The molecule has 8 aromatic carbocycles. The predicted octanol–water partition coefficient (Wildman–Crippen LogP) is 13.2. The minimum absolute atomic E-state index is 0.845. The Morgan fingerprint density at radius 2 is 1.06 bits per heavy atom. The summed E-state index contributed by atoms with van der Waals surface area (Å²) in [6.07, 6.45) is 0. The van der Waals surface area contributed by atoms with Crippen LogP contribution in [0.4, 0.5) is 17.1 Å². The Hall–Kier alpha value is -6.32. The van der Waals surface area contributed by atoms with Crippen LogP contribution in [0.25, 0.3) is 76.5 Å². The van der Waals surface area contributed by atoms with Crippen LogP contribution in [0, 0.1) is 6.92 Å². The predicted molar refractivity (Wildman–Crippen MR) is 201 cm³/mol. The highest BCUT2D eigenvalue weighted by molar-refractivity contribution is 6.24. The summed E-state index contributed by atoms with van der Waals surface area (Å²) in [6.45, 7) is 2.15. The Bertz CT molecular complexity index is 2860. The lowest BCUT2D eigenvalue weighted by atomic mass is 9.98. The zero-order valence-electron chi connectivity index (χ0n) is 26.3. The molecule has 0 aliphatic carbocycles. The molecule has 10 rings (SSSR count). The van der Waals surface area contributed by atoms with Crippen LogP contribution < -0.4 is 4.90 Å². The minimum Gasteiger partial charge on any atom is -0.456 e. The van der Waals surface area contributed by atoms with Crippen molar-refractivity contribution in [2.75, 3.05) is 4.90 Å². The van der Waals surface area contributed by atoms with Crippen LogP contribution in [0.2, 0.25) is 0 Å². The number of rotatable bonds is 4. The number of benzene rings is 8. The molecule has 0 N–H and O–H groups in total. The molecule has 2 aromatic heterocycles. The average molecular weight is 616 g/mol. The van der Waals surface area contributed by atoms with Crippen LogP contribution >= 0.6 is 0 Å². The zero-order valence-corrected chi connectivity index (χ0v) is 26.3. The van der Waals surface area contributed by atoms with E-state index in [-0.39, 0.29) is 0 Å². The minimum atomic E-state index is 0.845. The fourth-order valence-corrected chi connectivity index (χ4v) is 7.55. The average Bonchev–Trinajstić information content (AvgIpc) is 3.70. The van der Waals surface area contributed by atoms with Gasteiger partial charge < -0.3 is 13.7 Å². The van der Waals surface area contributed by atoms with Crippen molar-refractivity contribution in [1.82, 2.24) is 0 Å². The largest absolute Gasteiger partial charge is 0.456 e. The summed E-state index contributed by atoms with van der Waals surface area (Å²) in [5.41, 5.74) is 10.0. The standard InChI is InChI=1S/C45H29NO2/c1-28-13-5-8-18-32(28)35-21-11-22-36-37-23-12-24-39(45(37)48-44(35)36)46(31-16-3-2-4-17-31)40-27-42-43(34-20-10-9-19-33(34)40)38-25-29-14-6-7-15-30(29)26-41(38)47-42/h2-27H,1H3. The number of hydrogen-bond acceptors (Lipinski definition) is 3. The van der Waals surface area contributed by atoms with E-state index in [0.29, 0.717) is 0 Å². The molecule has 0 amide bonds. The Balaban J connectivity index is 1.29. The van der Waals surface area contributed by atoms with Crippen molar-refractivity contribution >= 4 is 82.5 Å². The van der Waals surface area contributed by atoms with E-state index in [2.05, 4.69) is 170 Å². The SMILES string of the molecule is Cc1ccccc1-c1cccc2c1oc1c(N(c3ccccc3)c3cc4oc5cc6ccccc6cc5c4c4ccccc34)cccc12. The quantitative estimate of drug-likeness (QED) is 0.197. The van der Waals surface area contributed by atoms with Crippen molar-refractivity contribution in [2.45, 2.75) is 6.92 Å². The molecule has 2 heterocycles. The molecular weight excluding hydrogens is 587 g/mol. The number of fused-ring (bicyclic) bond motifs is 9. The van der Waals surface area contributed by atoms with Crippen molar-refractivity contribution in [3.8, 4) is 11.1 Å². The molecule has 0 saturated carbocycles. The van der Waals surface area contributed by atoms with Crippen molar-refractivity contribution in [3.05, 3.63) is 163 Å². The van der Waals surface area contributed by atoms with Gasteiger partial charge in [0.2, 0.25) is 0 Å². The molecule has 0 radical (unpaired) electrons. The van der Waals surface area contributed by atoms with E-state index in [1.54, 1.807) is 0 Å². The second-order valence-corrected chi connectivity index (χ2v) is 12.5. The molecule has 3 heteroatoms. The van der Waals surface area contributed by atoms with Gasteiger partial charge in [-0.05, 0) is 64.5 Å². The fraction of sp³-hybridized carbons (Fsp3) is 0.0222. The number of anilines is 3. The van der Waals surface area contributed by atoms with Gasteiger partial charge >= 0.3 is 0 Å². The lowest BCUT2D eigenvalue weighted by Gasteiger charge is -2.27. The molecule has 0 fully saturated rings. The smallest absolute Gasteiger partial charge is 0.159 e. The number of furan rings is 2. The molecule has 226 valence electrons.